The molecule has 0 bridgehead atoms. The summed E-state index contributed by atoms with van der Waals surface area (Å²) in [4.78, 5) is 6.67. The fourth-order valence-electron chi connectivity index (χ4n) is 4.34. The molecule has 0 unspecified atom stereocenters. The third kappa shape index (κ3) is 3.97. The fraction of sp³-hybridized carbons (Fsp3) is 0.240. The van der Waals surface area contributed by atoms with Gasteiger partial charge in [-0.1, -0.05) is 17.7 Å². The van der Waals surface area contributed by atoms with Crippen molar-refractivity contribution < 1.29 is 13.5 Å². The maximum absolute atomic E-state index is 14.1. The number of anilines is 2. The SMILES string of the molecule is Cn1cc(N2CCCC2)c2cc(-c3cnc(N)c(OCc4c(F)ccc(F)c4Cl)c3)ccc21. The molecule has 170 valence electrons. The summed E-state index contributed by atoms with van der Waals surface area (Å²) in [5.74, 6) is -0.917. The van der Waals surface area contributed by atoms with Gasteiger partial charge in [0.2, 0.25) is 0 Å². The van der Waals surface area contributed by atoms with E-state index in [1.165, 1.54) is 23.9 Å². The molecule has 33 heavy (non-hydrogen) atoms. The Kier molecular flexibility index (Phi) is 5.58. The Morgan fingerprint density at radius 3 is 2.61 bits per heavy atom. The molecule has 0 spiro atoms. The molecule has 2 aromatic carbocycles. The third-order valence-electron chi connectivity index (χ3n) is 6.14. The van der Waals surface area contributed by atoms with Crippen LogP contribution in [0.15, 0.2) is 48.8 Å². The minimum absolute atomic E-state index is 0.0672. The molecule has 4 aromatic rings. The number of benzene rings is 2. The first-order chi connectivity index (χ1) is 15.9. The van der Waals surface area contributed by atoms with Crippen LogP contribution in [0.2, 0.25) is 5.02 Å². The lowest BCUT2D eigenvalue weighted by Crippen LogP contribution is -2.17. The van der Waals surface area contributed by atoms with Gasteiger partial charge in [-0.25, -0.2) is 13.8 Å². The second kappa shape index (κ2) is 8.56. The molecular formula is C25H23ClF2N4O. The molecule has 5 rings (SSSR count). The van der Waals surface area contributed by atoms with Crippen molar-refractivity contribution in [1.82, 2.24) is 9.55 Å². The van der Waals surface area contributed by atoms with Crippen LogP contribution in [-0.4, -0.2) is 22.6 Å². The van der Waals surface area contributed by atoms with Crippen LogP contribution in [0, 0.1) is 11.6 Å². The van der Waals surface area contributed by atoms with Gasteiger partial charge in [-0.3, -0.25) is 0 Å². The van der Waals surface area contributed by atoms with Gasteiger partial charge >= 0.3 is 0 Å². The van der Waals surface area contributed by atoms with E-state index in [1.807, 2.05) is 6.07 Å². The van der Waals surface area contributed by atoms with Gasteiger partial charge in [0.15, 0.2) is 11.6 Å². The lowest BCUT2D eigenvalue weighted by molar-refractivity contribution is 0.300. The molecule has 0 aliphatic carbocycles. The lowest BCUT2D eigenvalue weighted by Gasteiger charge is -2.16. The highest BCUT2D eigenvalue weighted by Gasteiger charge is 2.18. The van der Waals surface area contributed by atoms with Crippen LogP contribution < -0.4 is 15.4 Å². The van der Waals surface area contributed by atoms with Crippen molar-refractivity contribution in [3.05, 3.63) is 71.0 Å². The van der Waals surface area contributed by atoms with Crippen LogP contribution in [0.5, 0.6) is 5.75 Å². The van der Waals surface area contributed by atoms with Gasteiger partial charge < -0.3 is 19.9 Å². The molecule has 0 saturated carbocycles. The molecule has 3 heterocycles. The molecule has 2 aromatic heterocycles. The maximum atomic E-state index is 14.1. The number of nitrogens with two attached hydrogens (primary N) is 1. The summed E-state index contributed by atoms with van der Waals surface area (Å²) < 4.78 is 35.7. The van der Waals surface area contributed by atoms with Crippen molar-refractivity contribution in [2.45, 2.75) is 19.4 Å². The summed E-state index contributed by atoms with van der Waals surface area (Å²) in [6.07, 6.45) is 6.26. The van der Waals surface area contributed by atoms with Gasteiger partial charge in [-0.05, 0) is 48.7 Å². The van der Waals surface area contributed by atoms with Crippen LogP contribution in [0.3, 0.4) is 0 Å². The van der Waals surface area contributed by atoms with E-state index in [0.717, 1.165) is 41.9 Å². The zero-order valence-corrected chi connectivity index (χ0v) is 18.9. The molecule has 0 atom stereocenters. The number of nitrogen functional groups attached to an aromatic ring is 1. The van der Waals surface area contributed by atoms with E-state index in [2.05, 4.69) is 39.8 Å². The molecule has 8 heteroatoms. The van der Waals surface area contributed by atoms with Crippen LogP contribution in [0.25, 0.3) is 22.0 Å². The lowest BCUT2D eigenvalue weighted by atomic mass is 10.0. The van der Waals surface area contributed by atoms with Gasteiger partial charge in [0.05, 0.1) is 10.7 Å². The number of hydrogen-bond donors (Lipinski definition) is 1. The van der Waals surface area contributed by atoms with E-state index in [-0.39, 0.29) is 28.8 Å². The number of rotatable bonds is 5. The molecule has 1 aliphatic rings. The third-order valence-corrected chi connectivity index (χ3v) is 6.55. The smallest absolute Gasteiger partial charge is 0.166 e. The van der Waals surface area contributed by atoms with Gasteiger partial charge in [0.1, 0.15) is 18.2 Å². The first-order valence-corrected chi connectivity index (χ1v) is 11.2. The largest absolute Gasteiger partial charge is 0.485 e. The number of fused-ring (bicyclic) bond motifs is 1. The summed E-state index contributed by atoms with van der Waals surface area (Å²) in [7, 11) is 2.05. The number of ether oxygens (including phenoxy) is 1. The predicted octanol–water partition coefficient (Wildman–Crippen LogP) is 5.93. The quantitative estimate of drug-likeness (QED) is 0.369. The second-order valence-corrected chi connectivity index (χ2v) is 8.65. The van der Waals surface area contributed by atoms with Gasteiger partial charge in [0.25, 0.3) is 0 Å². The Morgan fingerprint density at radius 2 is 1.82 bits per heavy atom. The zero-order chi connectivity index (χ0) is 23.1. The average Bonchev–Trinajstić information content (AvgIpc) is 3.45. The Hall–Kier alpha value is -3.32. The van der Waals surface area contributed by atoms with Crippen molar-refractivity contribution in [3.8, 4) is 16.9 Å². The molecule has 5 nitrogen and oxygen atoms in total. The Labute approximate surface area is 195 Å². The summed E-state index contributed by atoms with van der Waals surface area (Å²) in [6.45, 7) is 1.85. The van der Waals surface area contributed by atoms with Gasteiger partial charge in [-0.15, -0.1) is 0 Å². The minimum Gasteiger partial charge on any atom is -0.485 e. The Balaban J connectivity index is 1.47. The number of pyridine rings is 1. The van der Waals surface area contributed by atoms with Crippen LogP contribution in [-0.2, 0) is 13.7 Å². The highest BCUT2D eigenvalue weighted by molar-refractivity contribution is 6.31. The van der Waals surface area contributed by atoms with Crippen molar-refractivity contribution in [3.63, 3.8) is 0 Å². The standard InChI is InChI=1S/C25H23ClF2N4O/c1-31-13-22(32-8-2-3-9-32)17-10-15(4-7-21(17)31)16-11-23(25(29)30-12-16)33-14-18-19(27)5-6-20(28)24(18)26/h4-7,10-13H,2-3,8-9,14H2,1H3,(H2,29,30). The van der Waals surface area contributed by atoms with Crippen LogP contribution >= 0.6 is 11.6 Å². The summed E-state index contributed by atoms with van der Waals surface area (Å²) in [5.41, 5.74) is 10.1. The summed E-state index contributed by atoms with van der Waals surface area (Å²) in [5, 5.41) is 0.867. The highest BCUT2D eigenvalue weighted by Crippen LogP contribution is 2.36. The predicted molar refractivity (Wildman–Crippen MR) is 128 cm³/mol. The van der Waals surface area contributed by atoms with Crippen molar-refractivity contribution >= 4 is 34.0 Å². The topological polar surface area (TPSA) is 56.3 Å². The zero-order valence-electron chi connectivity index (χ0n) is 18.1. The molecule has 2 N–H and O–H groups in total. The van der Waals surface area contributed by atoms with Gasteiger partial charge in [-0.2, -0.15) is 0 Å². The number of halogens is 3. The van der Waals surface area contributed by atoms with Crippen LogP contribution in [0.4, 0.5) is 20.3 Å². The minimum atomic E-state index is -0.707. The van der Waals surface area contributed by atoms with E-state index in [4.69, 9.17) is 22.1 Å². The molecule has 0 radical (unpaired) electrons. The Morgan fingerprint density at radius 1 is 1.06 bits per heavy atom. The first kappa shape index (κ1) is 21.5. The fourth-order valence-corrected chi connectivity index (χ4v) is 4.55. The number of hydrogen-bond acceptors (Lipinski definition) is 4. The number of aromatic nitrogens is 2. The molecule has 1 aliphatic heterocycles. The highest BCUT2D eigenvalue weighted by atomic mass is 35.5. The second-order valence-electron chi connectivity index (χ2n) is 8.27. The van der Waals surface area contributed by atoms with E-state index >= 15 is 0 Å². The van der Waals surface area contributed by atoms with Crippen LogP contribution in [0.1, 0.15) is 18.4 Å². The summed E-state index contributed by atoms with van der Waals surface area (Å²) >= 11 is 5.91. The summed E-state index contributed by atoms with van der Waals surface area (Å²) in [6, 6.07) is 10.0. The molecular weight excluding hydrogens is 446 g/mol. The van der Waals surface area contributed by atoms with E-state index in [0.29, 0.717) is 0 Å². The van der Waals surface area contributed by atoms with E-state index < -0.39 is 11.6 Å². The molecule has 0 amide bonds. The van der Waals surface area contributed by atoms with Crippen molar-refractivity contribution in [2.24, 2.45) is 7.05 Å². The van der Waals surface area contributed by atoms with Crippen molar-refractivity contribution in [1.29, 1.82) is 0 Å². The Bertz CT molecular complexity index is 1350. The first-order valence-electron chi connectivity index (χ1n) is 10.8. The maximum Gasteiger partial charge on any atom is 0.166 e. The number of aryl methyl sites for hydroxylation is 1. The monoisotopic (exact) mass is 468 g/mol. The molecule has 1 fully saturated rings. The van der Waals surface area contributed by atoms with Gasteiger partial charge in [0, 0.05) is 54.6 Å². The van der Waals surface area contributed by atoms with Crippen molar-refractivity contribution in [2.75, 3.05) is 23.7 Å². The molecule has 1 saturated heterocycles. The average molecular weight is 469 g/mol. The normalized spacial score (nSPS) is 13.8. The van der Waals surface area contributed by atoms with E-state index in [1.54, 1.807) is 12.3 Å². The van der Waals surface area contributed by atoms with E-state index in [9.17, 15) is 8.78 Å². The number of nitrogens with zero attached hydrogens (tertiary/aromatic N) is 3.